The van der Waals surface area contributed by atoms with E-state index in [9.17, 15) is 9.90 Å². The molecule has 0 saturated heterocycles. The highest BCUT2D eigenvalue weighted by molar-refractivity contribution is 5.95. The summed E-state index contributed by atoms with van der Waals surface area (Å²) in [5.74, 6) is -0.00565. The third-order valence-corrected chi connectivity index (χ3v) is 2.45. The van der Waals surface area contributed by atoms with E-state index in [0.29, 0.717) is 5.56 Å². The number of Topliss-reactive ketones (excluding diaryl/α,β-unsaturated/α-hetero) is 1. The van der Waals surface area contributed by atoms with Gasteiger partial charge in [-0.05, 0) is 17.9 Å². The lowest BCUT2D eigenvalue weighted by molar-refractivity contribution is 0.0613. The maximum atomic E-state index is 11.4. The second-order valence-electron chi connectivity index (χ2n) is 4.91. The Balaban J connectivity index is 3.19. The molecule has 1 atom stereocenters. The molecule has 0 heterocycles. The molecule has 0 aliphatic carbocycles. The van der Waals surface area contributed by atoms with Gasteiger partial charge < -0.3 is 5.11 Å². The first-order valence-corrected chi connectivity index (χ1v) is 5.12. The first-order chi connectivity index (χ1) is 6.84. The Hall–Kier alpha value is -1.15. The Bertz CT molecular complexity index is 361. The molecule has 0 aliphatic heterocycles. The van der Waals surface area contributed by atoms with Gasteiger partial charge in [-0.25, -0.2) is 0 Å². The summed E-state index contributed by atoms with van der Waals surface area (Å²) in [5.41, 5.74) is 1.07. The predicted molar refractivity (Wildman–Crippen MR) is 60.9 cm³/mol. The van der Waals surface area contributed by atoms with Gasteiger partial charge in [-0.15, -0.1) is 0 Å². The van der Waals surface area contributed by atoms with Crippen LogP contribution in [0.1, 0.15) is 49.7 Å². The van der Waals surface area contributed by atoms with Crippen LogP contribution in [0.5, 0.6) is 0 Å². The summed E-state index contributed by atoms with van der Waals surface area (Å²) in [5, 5.41) is 10.1. The monoisotopic (exact) mass is 206 g/mol. The minimum absolute atomic E-state index is 0.00565. The van der Waals surface area contributed by atoms with Crippen molar-refractivity contribution < 1.29 is 9.90 Å². The van der Waals surface area contributed by atoms with Crippen LogP contribution in [0.25, 0.3) is 0 Å². The number of ketones is 1. The van der Waals surface area contributed by atoms with Crippen LogP contribution < -0.4 is 0 Å². The maximum absolute atomic E-state index is 11.4. The number of hydrogen-bond acceptors (Lipinski definition) is 2. The molecule has 82 valence electrons. The Morgan fingerprint density at radius 1 is 1.27 bits per heavy atom. The summed E-state index contributed by atoms with van der Waals surface area (Å²) in [6, 6.07) is 7.23. The van der Waals surface area contributed by atoms with Gasteiger partial charge in [0.1, 0.15) is 0 Å². The molecular weight excluding hydrogens is 188 g/mol. The van der Waals surface area contributed by atoms with Crippen LogP contribution in [0.15, 0.2) is 24.3 Å². The van der Waals surface area contributed by atoms with Gasteiger partial charge in [0.05, 0.1) is 6.10 Å². The van der Waals surface area contributed by atoms with E-state index >= 15 is 0 Å². The minimum atomic E-state index is -0.613. The van der Waals surface area contributed by atoms with E-state index in [4.69, 9.17) is 0 Å². The van der Waals surface area contributed by atoms with Gasteiger partial charge in [-0.2, -0.15) is 0 Å². The number of hydrogen-bond donors (Lipinski definition) is 1. The van der Waals surface area contributed by atoms with Crippen molar-refractivity contribution in [2.24, 2.45) is 5.41 Å². The summed E-state index contributed by atoms with van der Waals surface area (Å²) in [6.07, 6.45) is -0.613. The van der Waals surface area contributed by atoms with Crippen molar-refractivity contribution in [3.8, 4) is 0 Å². The molecule has 1 aromatic rings. The molecule has 1 unspecified atom stereocenters. The molecule has 0 saturated carbocycles. The van der Waals surface area contributed by atoms with E-state index < -0.39 is 6.10 Å². The van der Waals surface area contributed by atoms with Crippen LogP contribution in [0.4, 0.5) is 0 Å². The standard InChI is InChI=1S/C13H18O2/c1-9(14)10-7-5-6-8-11(10)12(15)13(2,3)4/h5-8,12,15H,1-4H3. The van der Waals surface area contributed by atoms with E-state index in [1.54, 1.807) is 6.07 Å². The molecule has 0 aromatic heterocycles. The van der Waals surface area contributed by atoms with Gasteiger partial charge in [0, 0.05) is 5.56 Å². The quantitative estimate of drug-likeness (QED) is 0.755. The Morgan fingerprint density at radius 2 is 1.80 bits per heavy atom. The lowest BCUT2D eigenvalue weighted by atomic mass is 9.82. The zero-order valence-corrected chi connectivity index (χ0v) is 9.74. The molecule has 0 spiro atoms. The van der Waals surface area contributed by atoms with Crippen LogP contribution in [-0.2, 0) is 0 Å². The van der Waals surface area contributed by atoms with E-state index in [1.165, 1.54) is 6.92 Å². The maximum Gasteiger partial charge on any atom is 0.160 e. The molecule has 1 N–H and O–H groups in total. The van der Waals surface area contributed by atoms with E-state index in [-0.39, 0.29) is 11.2 Å². The highest BCUT2D eigenvalue weighted by Gasteiger charge is 2.26. The molecule has 0 aliphatic rings. The largest absolute Gasteiger partial charge is 0.388 e. The smallest absolute Gasteiger partial charge is 0.160 e. The number of aliphatic hydroxyl groups is 1. The van der Waals surface area contributed by atoms with Crippen LogP contribution in [0.3, 0.4) is 0 Å². The van der Waals surface area contributed by atoms with Gasteiger partial charge in [0.25, 0.3) is 0 Å². The van der Waals surface area contributed by atoms with Gasteiger partial charge >= 0.3 is 0 Å². The van der Waals surface area contributed by atoms with Gasteiger partial charge in [0.2, 0.25) is 0 Å². The van der Waals surface area contributed by atoms with E-state index in [1.807, 2.05) is 39.0 Å². The first kappa shape index (κ1) is 11.9. The lowest BCUT2D eigenvalue weighted by Crippen LogP contribution is -2.20. The summed E-state index contributed by atoms with van der Waals surface area (Å²) in [4.78, 5) is 11.4. The summed E-state index contributed by atoms with van der Waals surface area (Å²) >= 11 is 0. The Labute approximate surface area is 90.9 Å². The fourth-order valence-electron chi connectivity index (χ4n) is 1.52. The van der Waals surface area contributed by atoms with Crippen molar-refractivity contribution in [3.05, 3.63) is 35.4 Å². The molecule has 0 amide bonds. The highest BCUT2D eigenvalue weighted by atomic mass is 16.3. The number of benzene rings is 1. The highest BCUT2D eigenvalue weighted by Crippen LogP contribution is 2.34. The number of carbonyl (C=O) groups is 1. The zero-order chi connectivity index (χ0) is 11.6. The van der Waals surface area contributed by atoms with Crippen LogP contribution in [-0.4, -0.2) is 10.9 Å². The molecule has 1 aromatic carbocycles. The third-order valence-electron chi connectivity index (χ3n) is 2.45. The molecular formula is C13H18O2. The lowest BCUT2D eigenvalue weighted by Gasteiger charge is -2.27. The van der Waals surface area contributed by atoms with Gasteiger partial charge in [0.15, 0.2) is 5.78 Å². The van der Waals surface area contributed by atoms with Crippen LogP contribution >= 0.6 is 0 Å². The molecule has 2 heteroatoms. The normalized spacial score (nSPS) is 13.7. The summed E-state index contributed by atoms with van der Waals surface area (Å²) in [6.45, 7) is 7.38. The molecule has 1 rings (SSSR count). The number of carbonyl (C=O) groups excluding carboxylic acids is 1. The van der Waals surface area contributed by atoms with Crippen molar-refractivity contribution in [2.75, 3.05) is 0 Å². The van der Waals surface area contributed by atoms with Crippen molar-refractivity contribution in [3.63, 3.8) is 0 Å². The fraction of sp³-hybridized carbons (Fsp3) is 0.462. The fourth-order valence-corrected chi connectivity index (χ4v) is 1.52. The number of rotatable bonds is 2. The second-order valence-corrected chi connectivity index (χ2v) is 4.91. The van der Waals surface area contributed by atoms with Crippen molar-refractivity contribution in [1.82, 2.24) is 0 Å². The SMILES string of the molecule is CC(=O)c1ccccc1C(O)C(C)(C)C. The molecule has 0 radical (unpaired) electrons. The first-order valence-electron chi connectivity index (χ1n) is 5.12. The minimum Gasteiger partial charge on any atom is -0.388 e. The Morgan fingerprint density at radius 3 is 2.27 bits per heavy atom. The predicted octanol–water partition coefficient (Wildman–Crippen LogP) is 2.97. The number of aliphatic hydroxyl groups excluding tert-OH is 1. The average Bonchev–Trinajstić information content (AvgIpc) is 2.15. The van der Waals surface area contributed by atoms with Gasteiger partial charge in [-0.3, -0.25) is 4.79 Å². The average molecular weight is 206 g/mol. The molecule has 2 nitrogen and oxygen atoms in total. The topological polar surface area (TPSA) is 37.3 Å². The van der Waals surface area contributed by atoms with Crippen molar-refractivity contribution >= 4 is 5.78 Å². The van der Waals surface area contributed by atoms with Crippen LogP contribution in [0.2, 0.25) is 0 Å². The van der Waals surface area contributed by atoms with Gasteiger partial charge in [-0.1, -0.05) is 45.0 Å². The van der Waals surface area contributed by atoms with E-state index in [2.05, 4.69) is 0 Å². The van der Waals surface area contributed by atoms with E-state index in [0.717, 1.165) is 5.56 Å². The second kappa shape index (κ2) is 4.15. The zero-order valence-electron chi connectivity index (χ0n) is 9.74. The van der Waals surface area contributed by atoms with Crippen molar-refractivity contribution in [2.45, 2.75) is 33.8 Å². The molecule has 0 fully saturated rings. The molecule has 0 bridgehead atoms. The third kappa shape index (κ3) is 2.66. The Kier molecular flexibility index (Phi) is 3.30. The summed E-state index contributed by atoms with van der Waals surface area (Å²) in [7, 11) is 0. The van der Waals surface area contributed by atoms with Crippen molar-refractivity contribution in [1.29, 1.82) is 0 Å². The van der Waals surface area contributed by atoms with Crippen LogP contribution in [0, 0.1) is 5.41 Å². The molecule has 15 heavy (non-hydrogen) atoms. The summed E-state index contributed by atoms with van der Waals surface area (Å²) < 4.78 is 0.